The van der Waals surface area contributed by atoms with E-state index in [1.807, 2.05) is 19.1 Å². The predicted octanol–water partition coefficient (Wildman–Crippen LogP) is 2.37. The third kappa shape index (κ3) is 4.20. The highest BCUT2D eigenvalue weighted by Gasteiger charge is 2.02. The van der Waals surface area contributed by atoms with E-state index in [9.17, 15) is 0 Å². The molecule has 0 unspecified atom stereocenters. The third-order valence-electron chi connectivity index (χ3n) is 3.03. The third-order valence-corrected chi connectivity index (χ3v) is 3.03. The molecule has 0 spiro atoms. The van der Waals surface area contributed by atoms with Crippen LogP contribution in [0, 0.1) is 0 Å². The van der Waals surface area contributed by atoms with Gasteiger partial charge in [-0.2, -0.15) is 0 Å². The maximum absolute atomic E-state index is 5.41. The molecule has 5 heteroatoms. The molecule has 0 fully saturated rings. The average Bonchev–Trinajstić information content (AvgIpc) is 2.52. The van der Waals surface area contributed by atoms with Crippen LogP contribution in [0.25, 0.3) is 0 Å². The topological polar surface area (TPSA) is 75.9 Å². The van der Waals surface area contributed by atoms with Crippen molar-refractivity contribution in [2.45, 2.75) is 26.2 Å². The van der Waals surface area contributed by atoms with Crippen molar-refractivity contribution in [1.82, 2.24) is 9.97 Å². The van der Waals surface area contributed by atoms with E-state index >= 15 is 0 Å². The quantitative estimate of drug-likeness (QED) is 0.409. The lowest BCUT2D eigenvalue weighted by Gasteiger charge is -2.09. The number of nitrogens with zero attached hydrogens (tertiary/aromatic N) is 2. The number of benzene rings is 1. The van der Waals surface area contributed by atoms with E-state index in [2.05, 4.69) is 45.0 Å². The van der Waals surface area contributed by atoms with Gasteiger partial charge >= 0.3 is 0 Å². The Labute approximate surface area is 119 Å². The number of hydrogen-bond donors (Lipinski definition) is 3. The monoisotopic (exact) mass is 271 g/mol. The molecule has 0 bridgehead atoms. The molecular weight excluding hydrogens is 250 g/mol. The van der Waals surface area contributed by atoms with Crippen molar-refractivity contribution in [3.05, 3.63) is 47.8 Å². The molecule has 1 aromatic carbocycles. The summed E-state index contributed by atoms with van der Waals surface area (Å²) in [5.74, 6) is 7.65. The molecule has 5 nitrogen and oxygen atoms in total. The number of aromatic nitrogens is 2. The minimum Gasteiger partial charge on any atom is -0.370 e. The van der Waals surface area contributed by atoms with Gasteiger partial charge in [0.2, 0.25) is 0 Å². The molecule has 20 heavy (non-hydrogen) atoms. The van der Waals surface area contributed by atoms with Gasteiger partial charge in [-0.15, -0.1) is 0 Å². The van der Waals surface area contributed by atoms with Gasteiger partial charge in [0.1, 0.15) is 17.5 Å². The first kappa shape index (κ1) is 14.3. The van der Waals surface area contributed by atoms with Gasteiger partial charge in [0.15, 0.2) is 0 Å². The van der Waals surface area contributed by atoms with Crippen molar-refractivity contribution >= 4 is 11.6 Å². The second kappa shape index (κ2) is 7.45. The lowest BCUT2D eigenvalue weighted by atomic mass is 10.1. The lowest BCUT2D eigenvalue weighted by molar-refractivity contribution is 0.851. The smallest absolute Gasteiger partial charge is 0.145 e. The summed E-state index contributed by atoms with van der Waals surface area (Å²) in [6.45, 7) is 2.90. The largest absolute Gasteiger partial charge is 0.370 e. The van der Waals surface area contributed by atoms with Gasteiger partial charge in [0, 0.05) is 19.0 Å². The summed E-state index contributed by atoms with van der Waals surface area (Å²) < 4.78 is 0. The van der Waals surface area contributed by atoms with Gasteiger partial charge in [-0.05, 0) is 18.4 Å². The van der Waals surface area contributed by atoms with Gasteiger partial charge in [-0.3, -0.25) is 0 Å². The molecule has 2 aromatic rings. The Bertz CT molecular complexity index is 505. The van der Waals surface area contributed by atoms with Crippen molar-refractivity contribution in [3.8, 4) is 0 Å². The number of anilines is 2. The highest BCUT2D eigenvalue weighted by molar-refractivity contribution is 5.46. The van der Waals surface area contributed by atoms with Gasteiger partial charge in [0.05, 0.1) is 0 Å². The van der Waals surface area contributed by atoms with Gasteiger partial charge in [0.25, 0.3) is 0 Å². The van der Waals surface area contributed by atoms with E-state index in [0.717, 1.165) is 37.4 Å². The minimum atomic E-state index is 0.641. The van der Waals surface area contributed by atoms with E-state index in [1.165, 1.54) is 5.56 Å². The summed E-state index contributed by atoms with van der Waals surface area (Å²) >= 11 is 0. The van der Waals surface area contributed by atoms with Crippen molar-refractivity contribution in [2.75, 3.05) is 17.3 Å². The number of hydrazine groups is 1. The second-order valence-electron chi connectivity index (χ2n) is 4.57. The fourth-order valence-electron chi connectivity index (χ4n) is 1.97. The van der Waals surface area contributed by atoms with Crippen LogP contribution in [0.4, 0.5) is 11.6 Å². The Morgan fingerprint density at radius 3 is 2.55 bits per heavy atom. The van der Waals surface area contributed by atoms with Crippen LogP contribution in [-0.2, 0) is 12.8 Å². The fraction of sp³-hybridized carbons (Fsp3) is 0.333. The molecule has 1 heterocycles. The zero-order valence-electron chi connectivity index (χ0n) is 11.8. The number of aryl methyl sites for hydroxylation is 2. The summed E-state index contributed by atoms with van der Waals surface area (Å²) in [5.41, 5.74) is 3.92. The maximum atomic E-state index is 5.41. The highest BCUT2D eigenvalue weighted by atomic mass is 15.3. The summed E-state index contributed by atoms with van der Waals surface area (Å²) in [4.78, 5) is 8.69. The SMILES string of the molecule is CCc1nc(NN)cc(NCCCc2ccccc2)n1. The number of nitrogens with one attached hydrogen (secondary N) is 2. The second-order valence-corrected chi connectivity index (χ2v) is 4.57. The molecule has 4 N–H and O–H groups in total. The van der Waals surface area contributed by atoms with Crippen LogP contribution in [0.15, 0.2) is 36.4 Å². The molecule has 0 atom stereocenters. The van der Waals surface area contributed by atoms with E-state index in [-0.39, 0.29) is 0 Å². The summed E-state index contributed by atoms with van der Waals surface area (Å²) in [6, 6.07) is 12.3. The van der Waals surface area contributed by atoms with Gasteiger partial charge in [-0.1, -0.05) is 37.3 Å². The zero-order chi connectivity index (χ0) is 14.2. The number of nitrogen functional groups attached to an aromatic ring is 1. The summed E-state index contributed by atoms with van der Waals surface area (Å²) in [6.07, 6.45) is 2.90. The minimum absolute atomic E-state index is 0.641. The first-order valence-electron chi connectivity index (χ1n) is 6.94. The molecule has 2 rings (SSSR count). The number of nitrogens with two attached hydrogens (primary N) is 1. The first-order valence-corrected chi connectivity index (χ1v) is 6.94. The molecule has 0 aliphatic rings. The molecule has 0 saturated heterocycles. The van der Waals surface area contributed by atoms with E-state index in [4.69, 9.17) is 5.84 Å². The van der Waals surface area contributed by atoms with Crippen LogP contribution in [0.2, 0.25) is 0 Å². The summed E-state index contributed by atoms with van der Waals surface area (Å²) in [7, 11) is 0. The predicted molar refractivity (Wildman–Crippen MR) is 82.5 cm³/mol. The Kier molecular flexibility index (Phi) is 5.32. The zero-order valence-corrected chi connectivity index (χ0v) is 11.8. The molecule has 0 amide bonds. The van der Waals surface area contributed by atoms with Crippen molar-refractivity contribution in [3.63, 3.8) is 0 Å². The molecule has 1 aromatic heterocycles. The van der Waals surface area contributed by atoms with Crippen molar-refractivity contribution in [2.24, 2.45) is 5.84 Å². The number of rotatable bonds is 7. The van der Waals surface area contributed by atoms with Crippen LogP contribution in [-0.4, -0.2) is 16.5 Å². The summed E-state index contributed by atoms with van der Waals surface area (Å²) in [5, 5.41) is 3.32. The molecule has 0 aliphatic heterocycles. The van der Waals surface area contributed by atoms with Crippen LogP contribution < -0.4 is 16.6 Å². The average molecular weight is 271 g/mol. The van der Waals surface area contributed by atoms with Crippen LogP contribution >= 0.6 is 0 Å². The maximum Gasteiger partial charge on any atom is 0.145 e. The van der Waals surface area contributed by atoms with Crippen LogP contribution in [0.5, 0.6) is 0 Å². The van der Waals surface area contributed by atoms with Crippen molar-refractivity contribution < 1.29 is 0 Å². The fourth-order valence-corrected chi connectivity index (χ4v) is 1.97. The lowest BCUT2D eigenvalue weighted by Crippen LogP contribution is -2.12. The first-order chi connectivity index (χ1) is 9.81. The van der Waals surface area contributed by atoms with Crippen LogP contribution in [0.1, 0.15) is 24.7 Å². The van der Waals surface area contributed by atoms with Crippen molar-refractivity contribution in [1.29, 1.82) is 0 Å². The Hall–Kier alpha value is -2.14. The highest BCUT2D eigenvalue weighted by Crippen LogP contribution is 2.11. The Balaban J connectivity index is 1.84. The molecular formula is C15H21N5. The van der Waals surface area contributed by atoms with Gasteiger partial charge in [-0.25, -0.2) is 15.8 Å². The van der Waals surface area contributed by atoms with E-state index in [0.29, 0.717) is 5.82 Å². The van der Waals surface area contributed by atoms with E-state index < -0.39 is 0 Å². The standard InChI is InChI=1S/C15H21N5/c1-2-13-18-14(11-15(19-13)20-16)17-10-6-9-12-7-4-3-5-8-12/h3-5,7-8,11H,2,6,9-10,16H2,1H3,(H2,17,18,19,20). The van der Waals surface area contributed by atoms with E-state index in [1.54, 1.807) is 0 Å². The molecule has 0 radical (unpaired) electrons. The Morgan fingerprint density at radius 2 is 1.85 bits per heavy atom. The van der Waals surface area contributed by atoms with Crippen LogP contribution in [0.3, 0.4) is 0 Å². The Morgan fingerprint density at radius 1 is 1.10 bits per heavy atom. The van der Waals surface area contributed by atoms with Gasteiger partial charge < -0.3 is 10.7 Å². The normalized spacial score (nSPS) is 10.3. The molecule has 0 saturated carbocycles. The molecule has 0 aliphatic carbocycles. The number of hydrogen-bond acceptors (Lipinski definition) is 5. The molecule has 106 valence electrons.